The Bertz CT molecular complexity index is 1100. The molecule has 3 heterocycles. The lowest BCUT2D eigenvalue weighted by atomic mass is 9.84. The molecule has 0 saturated carbocycles. The number of morpholine rings is 1. The second-order valence-corrected chi connectivity index (χ2v) is 14.1. The maximum absolute atomic E-state index is 15.1. The third kappa shape index (κ3) is 7.05. The van der Waals surface area contributed by atoms with Crippen molar-refractivity contribution in [3.63, 3.8) is 0 Å². The zero-order valence-corrected chi connectivity index (χ0v) is 26.1. The molecular weight excluding hydrogens is 562 g/mol. The van der Waals surface area contributed by atoms with Crippen molar-refractivity contribution in [2.24, 2.45) is 11.8 Å². The molecule has 10 heteroatoms. The minimum Gasteiger partial charge on any atom is -0.378 e. The number of halogens is 3. The zero-order chi connectivity index (χ0) is 30.0. The van der Waals surface area contributed by atoms with Gasteiger partial charge in [-0.15, -0.1) is 11.6 Å². The lowest BCUT2D eigenvalue weighted by molar-refractivity contribution is -0.136. The second kappa shape index (κ2) is 13.3. The minimum atomic E-state index is -1.32. The third-order valence-electron chi connectivity index (χ3n) is 9.70. The van der Waals surface area contributed by atoms with Crippen LogP contribution in [0.4, 0.5) is 13.6 Å². The molecule has 7 nitrogen and oxygen atoms in total. The molecule has 5 rings (SSSR count). The summed E-state index contributed by atoms with van der Waals surface area (Å²) in [6.07, 6.45) is 7.77. The van der Waals surface area contributed by atoms with Gasteiger partial charge in [-0.25, -0.2) is 13.6 Å². The quantitative estimate of drug-likeness (QED) is 0.322. The number of amides is 3. The lowest BCUT2D eigenvalue weighted by Crippen LogP contribution is -2.56. The molecule has 0 radical (unpaired) electrons. The number of nitrogens with zero attached hydrogens (tertiary/aromatic N) is 4. The highest BCUT2D eigenvalue weighted by Crippen LogP contribution is 2.40. The highest BCUT2D eigenvalue weighted by molar-refractivity contribution is 6.20. The van der Waals surface area contributed by atoms with Crippen LogP contribution < -0.4 is 0 Å². The van der Waals surface area contributed by atoms with Gasteiger partial charge in [0, 0.05) is 69.1 Å². The van der Waals surface area contributed by atoms with Gasteiger partial charge in [0.25, 0.3) is 0 Å². The predicted octanol–water partition coefficient (Wildman–Crippen LogP) is 5.32. The Morgan fingerprint density at radius 1 is 1.02 bits per heavy atom. The van der Waals surface area contributed by atoms with Crippen molar-refractivity contribution in [3.8, 4) is 0 Å². The van der Waals surface area contributed by atoms with Gasteiger partial charge in [0.15, 0.2) is 0 Å². The van der Waals surface area contributed by atoms with E-state index in [0.29, 0.717) is 64.6 Å². The first-order valence-electron chi connectivity index (χ1n) is 15.7. The Morgan fingerprint density at radius 3 is 2.45 bits per heavy atom. The van der Waals surface area contributed by atoms with Gasteiger partial charge >= 0.3 is 6.03 Å². The van der Waals surface area contributed by atoms with E-state index in [0.717, 1.165) is 32.1 Å². The summed E-state index contributed by atoms with van der Waals surface area (Å²) in [5.41, 5.74) is 1.56. The average molecular weight is 609 g/mol. The fourth-order valence-electron chi connectivity index (χ4n) is 7.16. The maximum Gasteiger partial charge on any atom is 0.320 e. The van der Waals surface area contributed by atoms with Crippen LogP contribution in [0.15, 0.2) is 35.2 Å². The van der Waals surface area contributed by atoms with Gasteiger partial charge in [0.1, 0.15) is 12.0 Å². The number of allylic oxidation sites excluding steroid dienone is 4. The molecule has 3 amide bonds. The number of ether oxygens (including phenoxy) is 1. The Kier molecular flexibility index (Phi) is 10.00. The molecule has 3 aliphatic heterocycles. The van der Waals surface area contributed by atoms with Crippen LogP contribution in [0.3, 0.4) is 0 Å². The van der Waals surface area contributed by atoms with Crippen molar-refractivity contribution in [1.29, 1.82) is 0 Å². The van der Waals surface area contributed by atoms with Crippen LogP contribution in [-0.4, -0.2) is 114 Å². The van der Waals surface area contributed by atoms with Crippen LogP contribution in [0.5, 0.6) is 0 Å². The molecule has 0 spiro atoms. The number of alkyl halides is 2. The summed E-state index contributed by atoms with van der Waals surface area (Å²) in [5.74, 6) is -1.20. The minimum absolute atomic E-state index is 0.00177. The van der Waals surface area contributed by atoms with E-state index in [4.69, 9.17) is 16.3 Å². The Morgan fingerprint density at radius 2 is 1.79 bits per heavy atom. The Balaban J connectivity index is 1.36. The van der Waals surface area contributed by atoms with Crippen LogP contribution in [0, 0.1) is 11.8 Å². The highest BCUT2D eigenvalue weighted by atomic mass is 35.5. The fraction of sp³-hybridized carbons (Fsp3) is 0.750. The SMILES string of the molecule is CC(C)(C)N1CC(C(=O)N2CCC[C@@H](C3=CCC(Cl)CC3)N(C(=O)N3CCOCC3)CC2)[C@H](C2=C(F)CC(F)C=C2)C1. The summed E-state index contributed by atoms with van der Waals surface area (Å²) in [6, 6.07) is 0.00198. The fourth-order valence-corrected chi connectivity index (χ4v) is 7.35. The van der Waals surface area contributed by atoms with Crippen molar-refractivity contribution in [2.75, 3.05) is 59.0 Å². The Hall–Kier alpha value is -1.97. The normalized spacial score (nSPS) is 32.1. The van der Waals surface area contributed by atoms with Crippen molar-refractivity contribution < 1.29 is 23.1 Å². The van der Waals surface area contributed by atoms with Crippen LogP contribution in [-0.2, 0) is 9.53 Å². The molecule has 2 aliphatic carbocycles. The standard InChI is InChI=1S/C32H47ClF2N4O3/c1-32(2,3)38-20-26(25-11-10-24(34)19-28(25)35)27(21-38)30(40)36-12-4-5-29(22-6-8-23(33)9-7-22)39(14-13-36)31(41)37-15-17-42-18-16-37/h6,10-11,23-24,26-27,29H,4-5,7-9,12-21H2,1-3H3/t23?,24?,26-,27?,29-/m0/s1. The third-order valence-corrected chi connectivity index (χ3v) is 10.1. The molecule has 42 heavy (non-hydrogen) atoms. The number of hydrogen-bond acceptors (Lipinski definition) is 4. The van der Waals surface area contributed by atoms with Gasteiger partial charge in [0.05, 0.1) is 25.2 Å². The largest absolute Gasteiger partial charge is 0.378 e. The van der Waals surface area contributed by atoms with Crippen LogP contribution in [0.2, 0.25) is 0 Å². The van der Waals surface area contributed by atoms with Gasteiger partial charge in [-0.05, 0) is 64.5 Å². The number of rotatable bonds is 3. The molecule has 3 saturated heterocycles. The molecule has 0 aromatic rings. The van der Waals surface area contributed by atoms with E-state index in [1.165, 1.54) is 11.6 Å². The van der Waals surface area contributed by atoms with E-state index in [1.807, 2.05) is 14.7 Å². The van der Waals surface area contributed by atoms with E-state index in [9.17, 15) is 14.0 Å². The molecule has 0 aromatic heterocycles. The maximum atomic E-state index is 15.1. The summed E-state index contributed by atoms with van der Waals surface area (Å²) in [5, 5.41) is 0.139. The molecule has 0 N–H and O–H groups in total. The van der Waals surface area contributed by atoms with E-state index in [-0.39, 0.29) is 41.2 Å². The second-order valence-electron chi connectivity index (χ2n) is 13.4. The van der Waals surface area contributed by atoms with Gasteiger partial charge in [0.2, 0.25) is 5.91 Å². The van der Waals surface area contributed by atoms with Crippen LogP contribution >= 0.6 is 11.6 Å². The molecule has 3 fully saturated rings. The smallest absolute Gasteiger partial charge is 0.320 e. The summed E-state index contributed by atoms with van der Waals surface area (Å²) >= 11 is 6.39. The van der Waals surface area contributed by atoms with E-state index in [1.54, 1.807) is 6.08 Å². The number of carbonyl (C=O) groups is 2. The topological polar surface area (TPSA) is 56.3 Å². The summed E-state index contributed by atoms with van der Waals surface area (Å²) < 4.78 is 34.5. The summed E-state index contributed by atoms with van der Waals surface area (Å²) in [4.78, 5) is 36.1. The molecule has 234 valence electrons. The van der Waals surface area contributed by atoms with Gasteiger partial charge in [-0.2, -0.15) is 0 Å². The summed E-state index contributed by atoms with van der Waals surface area (Å²) in [7, 11) is 0. The zero-order valence-electron chi connectivity index (χ0n) is 25.4. The number of likely N-dealkylation sites (tertiary alicyclic amines) is 1. The monoisotopic (exact) mass is 608 g/mol. The molecule has 5 aliphatic rings. The van der Waals surface area contributed by atoms with E-state index in [2.05, 4.69) is 31.7 Å². The average Bonchev–Trinajstić information content (AvgIpc) is 3.40. The first-order valence-corrected chi connectivity index (χ1v) is 16.2. The van der Waals surface area contributed by atoms with Gasteiger partial charge in [-0.3, -0.25) is 9.69 Å². The number of carbonyl (C=O) groups excluding carboxylic acids is 2. The molecule has 5 atom stereocenters. The highest BCUT2D eigenvalue weighted by Gasteiger charge is 2.45. The lowest BCUT2D eigenvalue weighted by Gasteiger charge is -2.42. The van der Waals surface area contributed by atoms with Gasteiger partial charge < -0.3 is 19.4 Å². The number of urea groups is 1. The predicted molar refractivity (Wildman–Crippen MR) is 161 cm³/mol. The first kappa shape index (κ1) is 31.5. The van der Waals surface area contributed by atoms with E-state index < -0.39 is 17.9 Å². The van der Waals surface area contributed by atoms with Crippen molar-refractivity contribution in [2.45, 2.75) is 82.4 Å². The molecular formula is C32H47ClF2N4O3. The molecule has 3 unspecified atom stereocenters. The first-order chi connectivity index (χ1) is 20.0. The molecule has 0 aromatic carbocycles. The van der Waals surface area contributed by atoms with Crippen LogP contribution in [0.25, 0.3) is 0 Å². The van der Waals surface area contributed by atoms with Crippen molar-refractivity contribution >= 4 is 23.5 Å². The number of hydrogen-bond donors (Lipinski definition) is 0. The van der Waals surface area contributed by atoms with Gasteiger partial charge in [-0.1, -0.05) is 17.7 Å². The Labute approximate surface area is 254 Å². The van der Waals surface area contributed by atoms with Crippen molar-refractivity contribution in [3.05, 3.63) is 35.2 Å². The summed E-state index contributed by atoms with van der Waals surface area (Å²) in [6.45, 7) is 11.1. The van der Waals surface area contributed by atoms with Crippen LogP contribution in [0.1, 0.15) is 59.3 Å². The van der Waals surface area contributed by atoms with Crippen molar-refractivity contribution in [1.82, 2.24) is 19.6 Å². The van der Waals surface area contributed by atoms with E-state index >= 15 is 4.39 Å². The molecule has 0 bridgehead atoms.